The lowest BCUT2D eigenvalue weighted by Gasteiger charge is -2.33. The first kappa shape index (κ1) is 55.4. The lowest BCUT2D eigenvalue weighted by Crippen LogP contribution is -2.59. The molecule has 0 fully saturated rings. The Morgan fingerprint density at radius 1 is 0.442 bits per heavy atom. The fraction of sp³-hybridized carbons (Fsp3) is 1.00. The van der Waals surface area contributed by atoms with Gasteiger partial charge in [0.1, 0.15) is 13.2 Å². The molecule has 31 heteroatoms. The van der Waals surface area contributed by atoms with Crippen LogP contribution in [0.1, 0.15) is 0 Å². The molecule has 0 aromatic carbocycles. The highest BCUT2D eigenvalue weighted by Crippen LogP contribution is 2.55. The predicted molar refractivity (Wildman–Crippen MR) is 148 cm³/mol. The molecule has 0 saturated carbocycles. The van der Waals surface area contributed by atoms with E-state index in [9.17, 15) is 92.2 Å². The van der Waals surface area contributed by atoms with Gasteiger partial charge in [-0.3, -0.25) is 9.49 Å². The summed E-state index contributed by atoms with van der Waals surface area (Å²) < 4.78 is 286. The van der Waals surface area contributed by atoms with Gasteiger partial charge in [0.2, 0.25) is 15.0 Å². The molecule has 0 rings (SSSR count). The summed E-state index contributed by atoms with van der Waals surface area (Å²) in [4.78, 5) is 0. The van der Waals surface area contributed by atoms with Crippen molar-refractivity contribution in [1.82, 2.24) is 0 Å². The maximum absolute atomic E-state index is 13.2. The molecule has 0 saturated heterocycles. The Hall–Kier alpha value is -0.940. The van der Waals surface area contributed by atoms with Gasteiger partial charge in [0, 0.05) is 34.5 Å². The van der Waals surface area contributed by atoms with Crippen LogP contribution < -0.4 is 0 Å². The first-order valence-corrected chi connectivity index (χ1v) is 19.9. The predicted octanol–water partition coefficient (Wildman–Crippen LogP) is 11.5. The number of alkyl halides is 21. The van der Waals surface area contributed by atoms with E-state index in [4.69, 9.17) is 0 Å². The molecule has 7 nitrogen and oxygen atoms in total. The number of rotatable bonds is 14. The quantitative estimate of drug-likeness (QED) is 0.129. The van der Waals surface area contributed by atoms with Crippen molar-refractivity contribution in [2.45, 2.75) is 54.6 Å². The molecular formula is C21H33F21N3O4P3. The fourth-order valence-electron chi connectivity index (χ4n) is 1.86. The molecule has 2 unspecified atom stereocenters. The van der Waals surface area contributed by atoms with Crippen LogP contribution in [0.2, 0.25) is 0 Å². The van der Waals surface area contributed by atoms with Gasteiger partial charge in [-0.05, 0) is 27.0 Å². The van der Waals surface area contributed by atoms with Crippen LogP contribution in [0.4, 0.5) is 92.2 Å². The Bertz CT molecular complexity index is 1250. The van der Waals surface area contributed by atoms with E-state index in [1.807, 2.05) is 7.05 Å². The molecule has 0 heterocycles. The van der Waals surface area contributed by atoms with Gasteiger partial charge in [0.25, 0.3) is 0 Å². The Kier molecular flexibility index (Phi) is 20.5. The van der Waals surface area contributed by atoms with Crippen molar-refractivity contribution in [3.8, 4) is 0 Å². The molecule has 0 aromatic heterocycles. The van der Waals surface area contributed by atoms with E-state index in [-0.39, 0.29) is 0 Å². The number of hydrogen-bond donors (Lipinski definition) is 0. The van der Waals surface area contributed by atoms with E-state index in [0.717, 1.165) is 14.1 Å². The zero-order chi connectivity index (χ0) is 42.9. The Balaban J connectivity index is -0.000000799. The van der Waals surface area contributed by atoms with Gasteiger partial charge in [0.15, 0.2) is 13.2 Å². The maximum atomic E-state index is 13.2. The minimum absolute atomic E-state index is 0.609. The first-order valence-electron chi connectivity index (χ1n) is 12.8. The molecule has 0 aliphatic carbocycles. The maximum Gasteiger partial charge on any atom is 0.459 e. The van der Waals surface area contributed by atoms with Crippen molar-refractivity contribution >= 4 is 22.1 Å². The third-order valence-corrected chi connectivity index (χ3v) is 10.3. The molecule has 0 amide bonds. The molecule has 0 N–H and O–H groups in total. The molecule has 0 aliphatic heterocycles. The summed E-state index contributed by atoms with van der Waals surface area (Å²) in [6, 6.07) is 0. The lowest BCUT2D eigenvalue weighted by molar-refractivity contribution is -0.358. The highest BCUT2D eigenvalue weighted by molar-refractivity contribution is 7.64. The van der Waals surface area contributed by atoms with Crippen LogP contribution in [0.25, 0.3) is 0 Å². The van der Waals surface area contributed by atoms with Crippen LogP contribution in [-0.2, 0) is 18.1 Å². The Morgan fingerprint density at radius 3 is 0.885 bits per heavy atom. The van der Waals surface area contributed by atoms with Crippen LogP contribution in [0, 0.1) is 0 Å². The summed E-state index contributed by atoms with van der Waals surface area (Å²) in [7, 11) is -5.53. The summed E-state index contributed by atoms with van der Waals surface area (Å²) in [5.74, 6) is -30.9. The second-order valence-corrected chi connectivity index (χ2v) is 19.8. The summed E-state index contributed by atoms with van der Waals surface area (Å²) >= 11 is 0. The average Bonchev–Trinajstić information content (AvgIpc) is 2.95. The van der Waals surface area contributed by atoms with Crippen molar-refractivity contribution in [2.24, 2.45) is 14.2 Å². The molecule has 0 spiro atoms. The molecule has 0 aromatic rings. The van der Waals surface area contributed by atoms with Crippen LogP contribution >= 0.6 is 22.1 Å². The summed E-state index contributed by atoms with van der Waals surface area (Å²) in [6.07, 6.45) is -21.5. The van der Waals surface area contributed by atoms with Crippen molar-refractivity contribution in [3.05, 3.63) is 0 Å². The zero-order valence-corrected chi connectivity index (χ0v) is 30.3. The average molecular weight is 883 g/mol. The van der Waals surface area contributed by atoms with Crippen LogP contribution in [0.5, 0.6) is 0 Å². The normalized spacial score (nSPS) is 16.5. The lowest BCUT2D eigenvalue weighted by atomic mass is 10.1. The second-order valence-electron chi connectivity index (χ2n) is 10.5. The topological polar surface area (TPSA) is 74.0 Å². The molecular weight excluding hydrogens is 850 g/mol. The Morgan fingerprint density at radius 2 is 0.692 bits per heavy atom. The second kappa shape index (κ2) is 19.3. The standard InChI is InChI=1S/C9H11F11NO2P.C8H10F10NO2P.C4H12NP/c1-21-24(2,23-4-7(14,15)16)22-3-6(12,13)9(19,20)8(17,18)5(10)11;1-19-22(2,21-4-6(11,12)13)20-3-5(9,10)7(14,15)8(16,17)18;1-5-6(2,3)4/h5H,3-4H2,1-2H3;3-4H2,1-2H3;1-4H3. The van der Waals surface area contributed by atoms with Crippen LogP contribution in [0.15, 0.2) is 14.2 Å². The molecule has 318 valence electrons. The third-order valence-electron chi connectivity index (χ3n) is 5.20. The van der Waals surface area contributed by atoms with Crippen molar-refractivity contribution in [3.63, 3.8) is 0 Å². The number of nitrogens with zero attached hydrogens (tertiary/aromatic N) is 3. The van der Waals surface area contributed by atoms with Gasteiger partial charge in [-0.15, -0.1) is 0 Å². The van der Waals surface area contributed by atoms with E-state index >= 15 is 0 Å². The first-order chi connectivity index (χ1) is 22.5. The minimum Gasteiger partial charge on any atom is -0.317 e. The van der Waals surface area contributed by atoms with Crippen molar-refractivity contribution < 1.29 is 110 Å². The van der Waals surface area contributed by atoms with E-state index in [2.05, 4.69) is 52.3 Å². The molecule has 0 radical (unpaired) electrons. The monoisotopic (exact) mass is 883 g/mol. The number of hydrogen-bond acceptors (Lipinski definition) is 7. The largest absolute Gasteiger partial charge is 0.459 e. The minimum atomic E-state index is -6.56. The number of halogens is 21. The summed E-state index contributed by atoms with van der Waals surface area (Å²) in [6.45, 7) is -1.33. The van der Waals surface area contributed by atoms with Gasteiger partial charge < -0.3 is 22.8 Å². The highest BCUT2D eigenvalue weighted by atomic mass is 31.2. The fourth-order valence-corrected chi connectivity index (χ4v) is 4.05. The van der Waals surface area contributed by atoms with Crippen LogP contribution in [0.3, 0.4) is 0 Å². The van der Waals surface area contributed by atoms with Gasteiger partial charge >= 0.3 is 54.6 Å². The molecule has 2 atom stereocenters. The summed E-state index contributed by atoms with van der Waals surface area (Å²) in [5.41, 5.74) is 0. The highest BCUT2D eigenvalue weighted by Gasteiger charge is 2.76. The molecule has 0 bridgehead atoms. The summed E-state index contributed by atoms with van der Waals surface area (Å²) in [5, 5.41) is 0. The van der Waals surface area contributed by atoms with Gasteiger partial charge in [-0.1, -0.05) is 0 Å². The van der Waals surface area contributed by atoms with Crippen molar-refractivity contribution in [1.29, 1.82) is 0 Å². The Labute approximate surface area is 282 Å². The molecule has 52 heavy (non-hydrogen) atoms. The molecule has 0 aliphatic rings. The van der Waals surface area contributed by atoms with Crippen LogP contribution in [-0.4, -0.2) is 135 Å². The smallest absolute Gasteiger partial charge is 0.317 e. The van der Waals surface area contributed by atoms with Gasteiger partial charge in [-0.25, -0.2) is 8.78 Å². The van der Waals surface area contributed by atoms with E-state index in [1.165, 1.54) is 0 Å². The van der Waals surface area contributed by atoms with E-state index in [1.54, 1.807) is 0 Å². The van der Waals surface area contributed by atoms with Gasteiger partial charge in [0.05, 0.1) is 0 Å². The zero-order valence-electron chi connectivity index (χ0n) is 27.7. The van der Waals surface area contributed by atoms with E-state index in [0.29, 0.717) is 13.3 Å². The van der Waals surface area contributed by atoms with Gasteiger partial charge in [-0.2, -0.15) is 83.4 Å². The van der Waals surface area contributed by atoms with Crippen molar-refractivity contribution in [2.75, 3.05) is 80.9 Å². The third kappa shape index (κ3) is 18.6. The van der Waals surface area contributed by atoms with E-state index < -0.39 is 103 Å². The SMILES string of the molecule is CN=P(C)(C)C.CN=P(C)(OCC(F)(F)F)OCC(F)(F)C(F)(F)C(F)(F)C(F)F.CN=P(C)(OCC(F)(F)F)OCC(F)(F)C(F)(F)C(F)(F)F.